The van der Waals surface area contributed by atoms with Crippen LogP contribution in [0, 0.1) is 0 Å². The number of hydrogen-bond donors (Lipinski definition) is 1. The second-order valence-corrected chi connectivity index (χ2v) is 3.50. The van der Waals surface area contributed by atoms with Crippen molar-refractivity contribution in [2.24, 2.45) is 0 Å². The number of carbonyl (C=O) groups excluding carboxylic acids is 1. The van der Waals surface area contributed by atoms with Gasteiger partial charge in [-0.1, -0.05) is 11.6 Å². The van der Waals surface area contributed by atoms with Gasteiger partial charge in [0.05, 0.1) is 7.11 Å². The van der Waals surface area contributed by atoms with Crippen molar-refractivity contribution >= 4 is 23.5 Å². The third-order valence-electron chi connectivity index (χ3n) is 1.83. The van der Waals surface area contributed by atoms with Crippen LogP contribution in [0.25, 0.3) is 0 Å². The molecule has 1 amide bonds. The molecule has 0 fully saturated rings. The molecule has 94 valence electrons. The zero-order valence-electron chi connectivity index (χ0n) is 9.24. The summed E-state index contributed by atoms with van der Waals surface area (Å²) in [6.45, 7) is -0.0504. The number of tetrazole rings is 1. The molecule has 10 heteroatoms. The Bertz CT molecular complexity index is 544. The van der Waals surface area contributed by atoms with Crippen molar-refractivity contribution in [1.82, 2.24) is 30.2 Å². The number of ether oxygens (including phenoxy) is 1. The van der Waals surface area contributed by atoms with Crippen LogP contribution < -0.4 is 10.1 Å². The van der Waals surface area contributed by atoms with Crippen molar-refractivity contribution in [2.45, 2.75) is 6.54 Å². The first-order chi connectivity index (χ1) is 8.67. The predicted octanol–water partition coefficient (Wildman–Crippen LogP) is -0.236. The highest BCUT2D eigenvalue weighted by molar-refractivity contribution is 6.29. The molecule has 0 radical (unpaired) electrons. The maximum Gasteiger partial charge on any atom is 0.248 e. The van der Waals surface area contributed by atoms with Crippen LogP contribution in [0.5, 0.6) is 5.88 Å². The van der Waals surface area contributed by atoms with Crippen LogP contribution in [0.2, 0.25) is 5.15 Å². The van der Waals surface area contributed by atoms with Crippen LogP contribution in [-0.4, -0.2) is 43.2 Å². The lowest BCUT2D eigenvalue weighted by molar-refractivity contribution is -0.117. The normalized spacial score (nSPS) is 10.1. The van der Waals surface area contributed by atoms with Crippen molar-refractivity contribution in [2.75, 3.05) is 12.4 Å². The summed E-state index contributed by atoms with van der Waals surface area (Å²) in [5.41, 5.74) is 0. The molecule has 0 bridgehead atoms. The maximum atomic E-state index is 11.6. The largest absolute Gasteiger partial charge is 0.481 e. The lowest BCUT2D eigenvalue weighted by Gasteiger charge is -2.05. The van der Waals surface area contributed by atoms with E-state index in [9.17, 15) is 4.79 Å². The van der Waals surface area contributed by atoms with Gasteiger partial charge in [0.15, 0.2) is 0 Å². The first kappa shape index (κ1) is 12.2. The van der Waals surface area contributed by atoms with E-state index in [1.54, 1.807) is 0 Å². The van der Waals surface area contributed by atoms with Gasteiger partial charge in [0.1, 0.15) is 18.0 Å². The standard InChI is InChI=1S/C8H8ClN7O2/c1-18-7-2-5(9)11-8(13-7)12-6(17)3-16-4-10-14-15-16/h2,4H,3H2,1H3,(H,11,12,13,17). The van der Waals surface area contributed by atoms with Crippen molar-refractivity contribution in [3.05, 3.63) is 17.5 Å². The molecule has 2 aromatic heterocycles. The van der Waals surface area contributed by atoms with E-state index in [0.717, 1.165) is 0 Å². The van der Waals surface area contributed by atoms with Gasteiger partial charge in [-0.25, -0.2) is 9.67 Å². The molecule has 0 aromatic carbocycles. The fourth-order valence-electron chi connectivity index (χ4n) is 1.12. The molecule has 0 saturated carbocycles. The van der Waals surface area contributed by atoms with Crippen LogP contribution >= 0.6 is 11.6 Å². The molecule has 0 spiro atoms. The first-order valence-electron chi connectivity index (χ1n) is 4.76. The molecule has 0 saturated heterocycles. The molecular weight excluding hydrogens is 262 g/mol. The third-order valence-corrected chi connectivity index (χ3v) is 2.02. The van der Waals surface area contributed by atoms with Crippen molar-refractivity contribution < 1.29 is 9.53 Å². The lowest BCUT2D eigenvalue weighted by atomic mass is 10.5. The number of hydrogen-bond acceptors (Lipinski definition) is 7. The monoisotopic (exact) mass is 269 g/mol. The third kappa shape index (κ3) is 3.10. The van der Waals surface area contributed by atoms with Gasteiger partial charge in [-0.3, -0.25) is 10.1 Å². The average Bonchev–Trinajstić information content (AvgIpc) is 2.80. The van der Waals surface area contributed by atoms with Crippen molar-refractivity contribution in [3.8, 4) is 5.88 Å². The summed E-state index contributed by atoms with van der Waals surface area (Å²) in [5, 5.41) is 13.0. The number of nitrogens with zero attached hydrogens (tertiary/aromatic N) is 6. The second-order valence-electron chi connectivity index (χ2n) is 3.11. The zero-order valence-corrected chi connectivity index (χ0v) is 10.00. The molecule has 0 atom stereocenters. The Morgan fingerprint density at radius 3 is 3.06 bits per heavy atom. The van der Waals surface area contributed by atoms with Crippen LogP contribution in [0.1, 0.15) is 0 Å². The molecule has 18 heavy (non-hydrogen) atoms. The van der Waals surface area contributed by atoms with E-state index in [2.05, 4.69) is 30.8 Å². The van der Waals surface area contributed by atoms with E-state index in [4.69, 9.17) is 16.3 Å². The smallest absolute Gasteiger partial charge is 0.248 e. The Labute approximate surface area is 106 Å². The van der Waals surface area contributed by atoms with E-state index >= 15 is 0 Å². The number of carbonyl (C=O) groups is 1. The number of methoxy groups -OCH3 is 1. The fourth-order valence-corrected chi connectivity index (χ4v) is 1.29. The number of halogens is 1. The summed E-state index contributed by atoms with van der Waals surface area (Å²) < 4.78 is 6.16. The highest BCUT2D eigenvalue weighted by Crippen LogP contribution is 2.15. The van der Waals surface area contributed by atoms with Gasteiger partial charge in [0, 0.05) is 6.07 Å². The molecule has 0 aliphatic carbocycles. The summed E-state index contributed by atoms with van der Waals surface area (Å²) in [5.74, 6) is -0.0724. The van der Waals surface area contributed by atoms with E-state index in [1.807, 2.05) is 0 Å². The number of amides is 1. The SMILES string of the molecule is COc1cc(Cl)nc(NC(=O)Cn2cnnn2)n1. The highest BCUT2D eigenvalue weighted by atomic mass is 35.5. The van der Waals surface area contributed by atoms with Crippen LogP contribution in [-0.2, 0) is 11.3 Å². The van der Waals surface area contributed by atoms with Gasteiger partial charge < -0.3 is 4.74 Å². The van der Waals surface area contributed by atoms with E-state index in [1.165, 1.54) is 24.2 Å². The van der Waals surface area contributed by atoms with Gasteiger partial charge in [0.2, 0.25) is 17.7 Å². The van der Waals surface area contributed by atoms with Crippen LogP contribution in [0.15, 0.2) is 12.4 Å². The topological polar surface area (TPSA) is 108 Å². The molecule has 1 N–H and O–H groups in total. The zero-order chi connectivity index (χ0) is 13.0. The Morgan fingerprint density at radius 1 is 1.56 bits per heavy atom. The highest BCUT2D eigenvalue weighted by Gasteiger charge is 2.09. The van der Waals surface area contributed by atoms with Gasteiger partial charge in [-0.2, -0.15) is 4.98 Å². The number of nitrogens with one attached hydrogen (secondary N) is 1. The van der Waals surface area contributed by atoms with Gasteiger partial charge in [-0.05, 0) is 10.4 Å². The number of rotatable bonds is 4. The minimum absolute atomic E-state index is 0.0504. The quantitative estimate of drug-likeness (QED) is 0.763. The predicted molar refractivity (Wildman–Crippen MR) is 60.0 cm³/mol. The lowest BCUT2D eigenvalue weighted by Crippen LogP contribution is -2.20. The van der Waals surface area contributed by atoms with Gasteiger partial charge >= 0.3 is 0 Å². The minimum Gasteiger partial charge on any atom is -0.481 e. The van der Waals surface area contributed by atoms with Crippen LogP contribution in [0.3, 0.4) is 0 Å². The number of aromatic nitrogens is 6. The summed E-state index contributed by atoms with van der Waals surface area (Å²) in [7, 11) is 1.44. The Balaban J connectivity index is 2.04. The molecule has 0 aliphatic rings. The van der Waals surface area contributed by atoms with E-state index in [-0.39, 0.29) is 29.4 Å². The summed E-state index contributed by atoms with van der Waals surface area (Å²) in [6, 6.07) is 1.43. The number of anilines is 1. The van der Waals surface area contributed by atoms with Gasteiger partial charge in [-0.15, -0.1) is 5.10 Å². The molecule has 2 rings (SSSR count). The average molecular weight is 270 g/mol. The van der Waals surface area contributed by atoms with Crippen molar-refractivity contribution in [1.29, 1.82) is 0 Å². The Morgan fingerprint density at radius 2 is 2.39 bits per heavy atom. The van der Waals surface area contributed by atoms with Crippen LogP contribution in [0.4, 0.5) is 5.95 Å². The summed E-state index contributed by atoms with van der Waals surface area (Å²) in [6.07, 6.45) is 1.32. The van der Waals surface area contributed by atoms with Gasteiger partial charge in [0.25, 0.3) is 0 Å². The van der Waals surface area contributed by atoms with E-state index < -0.39 is 0 Å². The second kappa shape index (κ2) is 5.36. The minimum atomic E-state index is -0.383. The molecule has 2 heterocycles. The van der Waals surface area contributed by atoms with Crippen molar-refractivity contribution in [3.63, 3.8) is 0 Å². The fraction of sp³-hybridized carbons (Fsp3) is 0.250. The Kier molecular flexibility index (Phi) is 3.63. The molecular formula is C8H8ClN7O2. The summed E-state index contributed by atoms with van der Waals surface area (Å²) >= 11 is 5.73. The molecule has 0 aliphatic heterocycles. The maximum absolute atomic E-state index is 11.6. The molecule has 9 nitrogen and oxygen atoms in total. The Hall–Kier alpha value is -2.29. The summed E-state index contributed by atoms with van der Waals surface area (Å²) in [4.78, 5) is 19.3. The molecule has 0 unspecified atom stereocenters. The first-order valence-corrected chi connectivity index (χ1v) is 5.14. The van der Waals surface area contributed by atoms with E-state index in [0.29, 0.717) is 0 Å². The molecule has 2 aromatic rings.